The molecule has 0 saturated carbocycles. The number of carbonyl (C=O) groups is 1. The summed E-state index contributed by atoms with van der Waals surface area (Å²) in [4.78, 5) is 12.1. The number of ketones is 1. The Morgan fingerprint density at radius 3 is 2.37 bits per heavy atom. The highest BCUT2D eigenvalue weighted by Crippen LogP contribution is 2.15. The minimum absolute atomic E-state index is 0.0755. The molecule has 0 heterocycles. The van der Waals surface area contributed by atoms with Crippen LogP contribution in [0, 0.1) is 25.5 Å². The number of carbonyl (C=O) groups excluding carboxylic acids is 1. The molecule has 0 N–H and O–H groups in total. The molecular weight excluding hydrogens is 246 g/mol. The molecule has 0 aliphatic heterocycles. The van der Waals surface area contributed by atoms with Gasteiger partial charge in [0.25, 0.3) is 0 Å². The lowest BCUT2D eigenvalue weighted by atomic mass is 9.98. The SMILES string of the molecule is Cc1ccc(C(=O)Cc2cc(F)ccc2C)cc1F. The van der Waals surface area contributed by atoms with Gasteiger partial charge in [-0.1, -0.05) is 18.2 Å². The highest BCUT2D eigenvalue weighted by molar-refractivity contribution is 5.97. The van der Waals surface area contributed by atoms with Crippen molar-refractivity contribution in [1.82, 2.24) is 0 Å². The molecule has 0 spiro atoms. The molecular formula is C16H14F2O. The molecule has 0 fully saturated rings. The van der Waals surface area contributed by atoms with Gasteiger partial charge in [0.1, 0.15) is 11.6 Å². The van der Waals surface area contributed by atoms with Crippen molar-refractivity contribution in [3.8, 4) is 0 Å². The van der Waals surface area contributed by atoms with Gasteiger partial charge in [0.15, 0.2) is 5.78 Å². The summed E-state index contributed by atoms with van der Waals surface area (Å²) in [5.74, 6) is -0.988. The number of rotatable bonds is 3. The molecule has 0 saturated heterocycles. The molecule has 0 amide bonds. The molecule has 98 valence electrons. The first-order chi connectivity index (χ1) is 8.97. The summed E-state index contributed by atoms with van der Waals surface area (Å²) in [6.07, 6.45) is 0.0755. The van der Waals surface area contributed by atoms with Gasteiger partial charge in [0.05, 0.1) is 0 Å². The Bertz CT molecular complexity index is 633. The third-order valence-electron chi connectivity index (χ3n) is 3.16. The number of hydrogen-bond donors (Lipinski definition) is 0. The fourth-order valence-corrected chi connectivity index (χ4v) is 1.87. The number of Topliss-reactive ketones (excluding diaryl/α,β-unsaturated/α-hetero) is 1. The molecule has 0 aromatic heterocycles. The average molecular weight is 260 g/mol. The van der Waals surface area contributed by atoms with Crippen LogP contribution in [-0.2, 0) is 6.42 Å². The molecule has 0 bridgehead atoms. The van der Waals surface area contributed by atoms with Crippen molar-refractivity contribution in [2.75, 3.05) is 0 Å². The maximum atomic E-state index is 13.4. The van der Waals surface area contributed by atoms with Crippen LogP contribution in [0.2, 0.25) is 0 Å². The van der Waals surface area contributed by atoms with Gasteiger partial charge in [-0.3, -0.25) is 4.79 Å². The van der Waals surface area contributed by atoms with Gasteiger partial charge in [0, 0.05) is 12.0 Å². The van der Waals surface area contributed by atoms with Crippen molar-refractivity contribution in [1.29, 1.82) is 0 Å². The summed E-state index contributed by atoms with van der Waals surface area (Å²) < 4.78 is 26.6. The largest absolute Gasteiger partial charge is 0.294 e. The minimum Gasteiger partial charge on any atom is -0.294 e. The van der Waals surface area contributed by atoms with Crippen molar-refractivity contribution in [2.24, 2.45) is 0 Å². The maximum Gasteiger partial charge on any atom is 0.167 e. The van der Waals surface area contributed by atoms with Crippen molar-refractivity contribution in [3.05, 3.63) is 70.3 Å². The van der Waals surface area contributed by atoms with Crippen LogP contribution >= 0.6 is 0 Å². The Balaban J connectivity index is 2.25. The highest BCUT2D eigenvalue weighted by Gasteiger charge is 2.11. The zero-order valence-corrected chi connectivity index (χ0v) is 10.8. The van der Waals surface area contributed by atoms with Crippen LogP contribution in [0.4, 0.5) is 8.78 Å². The fourth-order valence-electron chi connectivity index (χ4n) is 1.87. The Kier molecular flexibility index (Phi) is 3.74. The molecule has 1 nitrogen and oxygen atoms in total. The molecule has 2 aromatic rings. The summed E-state index contributed by atoms with van der Waals surface area (Å²) in [6, 6.07) is 8.73. The Labute approximate surface area is 110 Å². The summed E-state index contributed by atoms with van der Waals surface area (Å²) >= 11 is 0. The molecule has 0 unspecified atom stereocenters. The Morgan fingerprint density at radius 1 is 1.00 bits per heavy atom. The molecule has 19 heavy (non-hydrogen) atoms. The van der Waals surface area contributed by atoms with E-state index >= 15 is 0 Å². The van der Waals surface area contributed by atoms with E-state index in [-0.39, 0.29) is 18.0 Å². The van der Waals surface area contributed by atoms with Crippen LogP contribution in [-0.4, -0.2) is 5.78 Å². The molecule has 0 aliphatic rings. The number of halogens is 2. The van der Waals surface area contributed by atoms with Gasteiger partial charge in [-0.25, -0.2) is 8.78 Å². The number of hydrogen-bond acceptors (Lipinski definition) is 1. The predicted octanol–water partition coefficient (Wildman–Crippen LogP) is 4.01. The van der Waals surface area contributed by atoms with E-state index in [0.717, 1.165) is 5.56 Å². The summed E-state index contributed by atoms with van der Waals surface area (Å²) in [6.45, 7) is 3.46. The van der Waals surface area contributed by atoms with Crippen LogP contribution in [0.5, 0.6) is 0 Å². The monoisotopic (exact) mass is 260 g/mol. The van der Waals surface area contributed by atoms with Gasteiger partial charge in [0.2, 0.25) is 0 Å². The molecule has 3 heteroatoms. The Morgan fingerprint density at radius 2 is 1.68 bits per heavy atom. The van der Waals surface area contributed by atoms with E-state index in [0.29, 0.717) is 16.7 Å². The second-order valence-electron chi connectivity index (χ2n) is 4.63. The predicted molar refractivity (Wildman–Crippen MR) is 70.3 cm³/mol. The van der Waals surface area contributed by atoms with E-state index in [1.54, 1.807) is 25.1 Å². The molecule has 2 rings (SSSR count). The zero-order chi connectivity index (χ0) is 14.0. The summed E-state index contributed by atoms with van der Waals surface area (Å²) in [7, 11) is 0. The second-order valence-corrected chi connectivity index (χ2v) is 4.63. The first kappa shape index (κ1) is 13.4. The van der Waals surface area contributed by atoms with Crippen LogP contribution in [0.15, 0.2) is 36.4 Å². The summed E-state index contributed by atoms with van der Waals surface area (Å²) in [5.41, 5.74) is 2.29. The quantitative estimate of drug-likeness (QED) is 0.762. The van der Waals surface area contributed by atoms with Crippen molar-refractivity contribution in [3.63, 3.8) is 0 Å². The fraction of sp³-hybridized carbons (Fsp3) is 0.188. The first-order valence-corrected chi connectivity index (χ1v) is 6.02. The minimum atomic E-state index is -0.401. The van der Waals surface area contributed by atoms with Gasteiger partial charge in [-0.15, -0.1) is 0 Å². The lowest BCUT2D eigenvalue weighted by molar-refractivity contribution is 0.0992. The van der Waals surface area contributed by atoms with E-state index < -0.39 is 5.82 Å². The third kappa shape index (κ3) is 3.05. The number of aryl methyl sites for hydroxylation is 2. The smallest absolute Gasteiger partial charge is 0.167 e. The highest BCUT2D eigenvalue weighted by atomic mass is 19.1. The molecule has 0 aliphatic carbocycles. The van der Waals surface area contributed by atoms with Gasteiger partial charge in [-0.2, -0.15) is 0 Å². The standard InChI is InChI=1S/C16H14F2O/c1-10-4-6-14(17)7-13(10)9-16(19)12-5-3-11(2)15(18)8-12/h3-8H,9H2,1-2H3. The van der Waals surface area contributed by atoms with Crippen molar-refractivity contribution >= 4 is 5.78 Å². The zero-order valence-electron chi connectivity index (χ0n) is 10.8. The molecule has 0 atom stereocenters. The lowest BCUT2D eigenvalue weighted by Gasteiger charge is -2.06. The van der Waals surface area contributed by atoms with Crippen molar-refractivity contribution in [2.45, 2.75) is 20.3 Å². The molecule has 0 radical (unpaired) electrons. The third-order valence-corrected chi connectivity index (χ3v) is 3.16. The Hall–Kier alpha value is -2.03. The van der Waals surface area contributed by atoms with Crippen LogP contribution in [0.25, 0.3) is 0 Å². The second kappa shape index (κ2) is 5.31. The summed E-state index contributed by atoms with van der Waals surface area (Å²) in [5, 5.41) is 0. The van der Waals surface area contributed by atoms with E-state index in [9.17, 15) is 13.6 Å². The lowest BCUT2D eigenvalue weighted by Crippen LogP contribution is -2.06. The van der Waals surface area contributed by atoms with Gasteiger partial charge < -0.3 is 0 Å². The van der Waals surface area contributed by atoms with Crippen LogP contribution in [0.1, 0.15) is 27.0 Å². The van der Waals surface area contributed by atoms with E-state index in [1.807, 2.05) is 6.92 Å². The van der Waals surface area contributed by atoms with E-state index in [2.05, 4.69) is 0 Å². The van der Waals surface area contributed by atoms with Gasteiger partial charge in [-0.05, 0) is 48.7 Å². The first-order valence-electron chi connectivity index (χ1n) is 6.02. The molecule has 2 aromatic carbocycles. The van der Waals surface area contributed by atoms with Crippen LogP contribution in [0.3, 0.4) is 0 Å². The van der Waals surface area contributed by atoms with E-state index in [1.165, 1.54) is 18.2 Å². The maximum absolute atomic E-state index is 13.4. The van der Waals surface area contributed by atoms with Crippen molar-refractivity contribution < 1.29 is 13.6 Å². The normalized spacial score (nSPS) is 10.5. The van der Waals surface area contributed by atoms with E-state index in [4.69, 9.17) is 0 Å². The number of benzene rings is 2. The van der Waals surface area contributed by atoms with Gasteiger partial charge >= 0.3 is 0 Å². The van der Waals surface area contributed by atoms with Crippen LogP contribution < -0.4 is 0 Å². The topological polar surface area (TPSA) is 17.1 Å². The average Bonchev–Trinajstić information content (AvgIpc) is 2.37.